The van der Waals surface area contributed by atoms with Gasteiger partial charge in [-0.1, -0.05) is 48.5 Å². The lowest BCUT2D eigenvalue weighted by Gasteiger charge is -2.21. The summed E-state index contributed by atoms with van der Waals surface area (Å²) in [6, 6.07) is 16.7. The van der Waals surface area contributed by atoms with Gasteiger partial charge >= 0.3 is 0 Å². The van der Waals surface area contributed by atoms with Crippen LogP contribution in [-0.2, 0) is 19.5 Å². The van der Waals surface area contributed by atoms with E-state index in [1.807, 2.05) is 18.2 Å². The Morgan fingerprint density at radius 3 is 2.75 bits per heavy atom. The summed E-state index contributed by atoms with van der Waals surface area (Å²) in [5.74, 6) is 0.829. The molecule has 0 unspecified atom stereocenters. The minimum atomic E-state index is 0.766. The fourth-order valence-corrected chi connectivity index (χ4v) is 3.23. The van der Waals surface area contributed by atoms with Gasteiger partial charge in [-0.15, -0.1) is 0 Å². The van der Waals surface area contributed by atoms with E-state index in [1.165, 1.54) is 16.7 Å². The second-order valence-corrected chi connectivity index (χ2v) is 5.95. The van der Waals surface area contributed by atoms with Gasteiger partial charge in [0, 0.05) is 31.0 Å². The van der Waals surface area contributed by atoms with Crippen molar-refractivity contribution in [1.29, 1.82) is 0 Å². The summed E-state index contributed by atoms with van der Waals surface area (Å²) >= 11 is 0. The first-order valence-electron chi connectivity index (χ1n) is 8.32. The number of fused-ring (bicyclic) bond motifs is 1. The van der Waals surface area contributed by atoms with Crippen molar-refractivity contribution in [1.82, 2.24) is 15.3 Å². The van der Waals surface area contributed by atoms with Crippen LogP contribution < -0.4 is 10.6 Å². The molecule has 0 amide bonds. The zero-order valence-corrected chi connectivity index (χ0v) is 13.5. The van der Waals surface area contributed by atoms with E-state index in [1.54, 1.807) is 12.4 Å². The van der Waals surface area contributed by atoms with Gasteiger partial charge in [-0.25, -0.2) is 4.98 Å². The van der Waals surface area contributed by atoms with Gasteiger partial charge in [0.15, 0.2) is 5.82 Å². The maximum Gasteiger partial charge on any atom is 0.152 e. The van der Waals surface area contributed by atoms with Crippen LogP contribution in [0.25, 0.3) is 11.3 Å². The quantitative estimate of drug-likeness (QED) is 0.774. The normalized spacial score (nSPS) is 13.3. The summed E-state index contributed by atoms with van der Waals surface area (Å²) < 4.78 is 0. The number of hydrogen-bond acceptors (Lipinski definition) is 4. The van der Waals surface area contributed by atoms with Crippen molar-refractivity contribution in [2.45, 2.75) is 19.5 Å². The lowest BCUT2D eigenvalue weighted by molar-refractivity contribution is 0.639. The average Bonchev–Trinajstić information content (AvgIpc) is 2.67. The van der Waals surface area contributed by atoms with Crippen LogP contribution in [0, 0.1) is 0 Å². The predicted molar refractivity (Wildman–Crippen MR) is 96.6 cm³/mol. The second-order valence-electron chi connectivity index (χ2n) is 5.95. The molecule has 0 saturated carbocycles. The minimum Gasteiger partial charge on any atom is -0.364 e. The van der Waals surface area contributed by atoms with Gasteiger partial charge in [0.2, 0.25) is 0 Å². The van der Waals surface area contributed by atoms with Crippen molar-refractivity contribution in [3.05, 3.63) is 77.6 Å². The first-order chi connectivity index (χ1) is 11.9. The smallest absolute Gasteiger partial charge is 0.152 e. The Labute approximate surface area is 142 Å². The van der Waals surface area contributed by atoms with Crippen LogP contribution in [0.1, 0.15) is 16.7 Å². The van der Waals surface area contributed by atoms with Crippen molar-refractivity contribution in [2.24, 2.45) is 0 Å². The van der Waals surface area contributed by atoms with E-state index in [-0.39, 0.29) is 0 Å². The molecule has 1 aromatic heterocycles. The number of rotatable bonds is 4. The van der Waals surface area contributed by atoms with Crippen LogP contribution in [0.3, 0.4) is 0 Å². The van der Waals surface area contributed by atoms with Gasteiger partial charge in [0.05, 0.1) is 0 Å². The molecule has 0 radical (unpaired) electrons. The summed E-state index contributed by atoms with van der Waals surface area (Å²) in [7, 11) is 0. The monoisotopic (exact) mass is 316 g/mol. The molecule has 0 bridgehead atoms. The molecule has 3 aromatic rings. The highest BCUT2D eigenvalue weighted by Crippen LogP contribution is 2.25. The number of anilines is 1. The Morgan fingerprint density at radius 2 is 1.83 bits per heavy atom. The lowest BCUT2D eigenvalue weighted by atomic mass is 9.95. The summed E-state index contributed by atoms with van der Waals surface area (Å²) in [5, 5.41) is 6.91. The topological polar surface area (TPSA) is 49.8 Å². The maximum atomic E-state index is 4.51. The van der Waals surface area contributed by atoms with Gasteiger partial charge in [-0.05, 0) is 29.7 Å². The Morgan fingerprint density at radius 1 is 0.958 bits per heavy atom. The Bertz CT molecular complexity index is 830. The lowest BCUT2D eigenvalue weighted by Crippen LogP contribution is -2.25. The zero-order valence-electron chi connectivity index (χ0n) is 13.5. The molecule has 4 nitrogen and oxygen atoms in total. The molecule has 2 N–H and O–H groups in total. The van der Waals surface area contributed by atoms with Crippen molar-refractivity contribution in [2.75, 3.05) is 11.9 Å². The average molecular weight is 316 g/mol. The molecule has 4 heteroatoms. The Kier molecular flexibility index (Phi) is 4.21. The first kappa shape index (κ1) is 14.8. The van der Waals surface area contributed by atoms with Gasteiger partial charge in [0.25, 0.3) is 0 Å². The molecule has 0 aliphatic carbocycles. The number of benzene rings is 2. The van der Waals surface area contributed by atoms with E-state index < -0.39 is 0 Å². The third-order valence-corrected chi connectivity index (χ3v) is 4.43. The summed E-state index contributed by atoms with van der Waals surface area (Å²) in [4.78, 5) is 9.01. The fraction of sp³-hybridized carbons (Fsp3) is 0.200. The van der Waals surface area contributed by atoms with Gasteiger partial charge < -0.3 is 10.6 Å². The van der Waals surface area contributed by atoms with Gasteiger partial charge in [-0.3, -0.25) is 4.98 Å². The summed E-state index contributed by atoms with van der Waals surface area (Å²) in [6.45, 7) is 2.77. The molecule has 1 aliphatic rings. The van der Waals surface area contributed by atoms with Crippen molar-refractivity contribution < 1.29 is 0 Å². The van der Waals surface area contributed by atoms with Gasteiger partial charge in [-0.2, -0.15) is 0 Å². The van der Waals surface area contributed by atoms with E-state index in [9.17, 15) is 0 Å². The molecule has 120 valence electrons. The van der Waals surface area contributed by atoms with Crippen LogP contribution in [-0.4, -0.2) is 16.5 Å². The van der Waals surface area contributed by atoms with E-state index in [0.29, 0.717) is 0 Å². The highest BCUT2D eigenvalue weighted by Gasteiger charge is 2.13. The molecule has 4 rings (SSSR count). The molecular formula is C20H20N4. The van der Waals surface area contributed by atoms with Crippen molar-refractivity contribution in [3.8, 4) is 11.3 Å². The van der Waals surface area contributed by atoms with Crippen LogP contribution in [0.4, 0.5) is 5.82 Å². The Hall–Kier alpha value is -2.72. The third kappa shape index (κ3) is 3.01. The predicted octanol–water partition coefficient (Wildman–Crippen LogP) is 3.40. The standard InChI is InChI=1S/C20H20N4/c1-2-5-15(6-3-1)19-20(23-12-11-22-19)24-14-17-8-4-7-16-13-21-10-9-18(16)17/h1-8,11-12,21H,9-10,13-14H2,(H,23,24). The van der Waals surface area contributed by atoms with E-state index in [0.717, 1.165) is 43.1 Å². The molecule has 0 spiro atoms. The van der Waals surface area contributed by atoms with E-state index in [4.69, 9.17) is 0 Å². The van der Waals surface area contributed by atoms with Crippen LogP contribution >= 0.6 is 0 Å². The summed E-state index contributed by atoms with van der Waals surface area (Å²) in [5.41, 5.74) is 6.19. The highest BCUT2D eigenvalue weighted by molar-refractivity contribution is 5.70. The molecule has 2 aromatic carbocycles. The SMILES string of the molecule is c1ccc(-c2nccnc2NCc2cccc3c2CCNC3)cc1. The number of nitrogens with one attached hydrogen (secondary N) is 2. The molecule has 2 heterocycles. The fourth-order valence-electron chi connectivity index (χ4n) is 3.23. The molecule has 0 fully saturated rings. The van der Waals surface area contributed by atoms with Crippen LogP contribution in [0.2, 0.25) is 0 Å². The van der Waals surface area contributed by atoms with Gasteiger partial charge in [0.1, 0.15) is 5.69 Å². The highest BCUT2D eigenvalue weighted by atomic mass is 15.0. The van der Waals surface area contributed by atoms with Crippen LogP contribution in [0.15, 0.2) is 60.9 Å². The first-order valence-corrected chi connectivity index (χ1v) is 8.32. The minimum absolute atomic E-state index is 0.766. The molecule has 1 aliphatic heterocycles. The number of nitrogens with zero attached hydrogens (tertiary/aromatic N) is 2. The van der Waals surface area contributed by atoms with E-state index >= 15 is 0 Å². The van der Waals surface area contributed by atoms with E-state index in [2.05, 4.69) is 50.9 Å². The van der Waals surface area contributed by atoms with Crippen LogP contribution in [0.5, 0.6) is 0 Å². The van der Waals surface area contributed by atoms with Crippen molar-refractivity contribution in [3.63, 3.8) is 0 Å². The second kappa shape index (κ2) is 6.81. The van der Waals surface area contributed by atoms with Crippen molar-refractivity contribution >= 4 is 5.82 Å². The number of hydrogen-bond donors (Lipinski definition) is 2. The molecule has 24 heavy (non-hydrogen) atoms. The third-order valence-electron chi connectivity index (χ3n) is 4.43. The summed E-state index contributed by atoms with van der Waals surface area (Å²) in [6.07, 6.45) is 4.56. The molecule has 0 atom stereocenters. The number of aromatic nitrogens is 2. The molecular weight excluding hydrogens is 296 g/mol. The Balaban J connectivity index is 1.60. The maximum absolute atomic E-state index is 4.51. The largest absolute Gasteiger partial charge is 0.364 e. The molecule has 0 saturated heterocycles. The zero-order chi connectivity index (χ0) is 16.2.